The van der Waals surface area contributed by atoms with E-state index in [-0.39, 0.29) is 24.0 Å². The summed E-state index contributed by atoms with van der Waals surface area (Å²) in [4.78, 5) is 19.2. The van der Waals surface area contributed by atoms with Gasteiger partial charge in [0.05, 0.1) is 17.4 Å². The highest BCUT2D eigenvalue weighted by Gasteiger charge is 2.32. The second-order valence-corrected chi connectivity index (χ2v) is 8.73. The van der Waals surface area contributed by atoms with E-state index in [9.17, 15) is 4.79 Å². The summed E-state index contributed by atoms with van der Waals surface area (Å²) in [7, 11) is 0. The molecule has 3 aromatic rings. The van der Waals surface area contributed by atoms with E-state index in [1.807, 2.05) is 40.6 Å². The maximum atomic E-state index is 12.9. The predicted octanol–water partition coefficient (Wildman–Crippen LogP) is 4.08. The Labute approximate surface area is 171 Å². The van der Waals surface area contributed by atoms with E-state index in [4.69, 9.17) is 4.74 Å². The Bertz CT molecular complexity index is 1020. The van der Waals surface area contributed by atoms with Gasteiger partial charge in [-0.15, -0.1) is 0 Å². The van der Waals surface area contributed by atoms with Gasteiger partial charge in [-0.25, -0.2) is 9.50 Å². The fourth-order valence-electron chi connectivity index (χ4n) is 3.93. The Morgan fingerprint density at radius 2 is 1.97 bits per heavy atom. The van der Waals surface area contributed by atoms with Crippen LogP contribution in [-0.2, 0) is 10.2 Å². The molecule has 0 bridgehead atoms. The minimum Gasteiger partial charge on any atom is -0.484 e. The van der Waals surface area contributed by atoms with Crippen molar-refractivity contribution in [2.45, 2.75) is 52.0 Å². The van der Waals surface area contributed by atoms with Crippen molar-refractivity contribution < 1.29 is 9.53 Å². The zero-order valence-electron chi connectivity index (χ0n) is 17.6. The van der Waals surface area contributed by atoms with Crippen LogP contribution in [0.3, 0.4) is 0 Å². The average Bonchev–Trinajstić information content (AvgIpc) is 3.31. The van der Waals surface area contributed by atoms with E-state index in [1.54, 1.807) is 6.20 Å². The van der Waals surface area contributed by atoms with Crippen LogP contribution < -0.4 is 4.74 Å². The molecule has 0 N–H and O–H groups in total. The summed E-state index contributed by atoms with van der Waals surface area (Å²) in [5.41, 5.74) is 4.07. The van der Waals surface area contributed by atoms with Gasteiger partial charge in [0.25, 0.3) is 5.91 Å². The Morgan fingerprint density at radius 3 is 2.69 bits per heavy atom. The van der Waals surface area contributed by atoms with E-state index in [0.717, 1.165) is 42.2 Å². The van der Waals surface area contributed by atoms with Crippen molar-refractivity contribution in [3.8, 4) is 5.75 Å². The van der Waals surface area contributed by atoms with Gasteiger partial charge in [-0.2, -0.15) is 5.10 Å². The molecule has 1 aliphatic heterocycles. The minimum atomic E-state index is -0.000772. The fraction of sp³-hybridized carbons (Fsp3) is 0.435. The number of amides is 1. The highest BCUT2D eigenvalue weighted by Crippen LogP contribution is 2.32. The summed E-state index contributed by atoms with van der Waals surface area (Å²) in [6.07, 6.45) is 3.69. The van der Waals surface area contributed by atoms with Crippen LogP contribution in [0.5, 0.6) is 5.75 Å². The standard InChI is InChI=1S/C23H28N4O2/c1-16-14-21-24-12-11-20(27(21)25-16)19-6-5-13-26(19)22(28)15-29-18-9-7-17(8-10-18)23(2,3)4/h7-12,14,19H,5-6,13,15H2,1-4H3/t19-/m0/s1. The molecule has 1 aliphatic rings. The Kier molecular flexibility index (Phi) is 5.03. The van der Waals surface area contributed by atoms with Gasteiger partial charge in [-0.3, -0.25) is 4.79 Å². The third kappa shape index (κ3) is 3.97. The van der Waals surface area contributed by atoms with Gasteiger partial charge in [-0.05, 0) is 48.9 Å². The van der Waals surface area contributed by atoms with Crippen molar-refractivity contribution in [1.29, 1.82) is 0 Å². The van der Waals surface area contributed by atoms with Crippen molar-refractivity contribution in [2.75, 3.05) is 13.2 Å². The second-order valence-electron chi connectivity index (χ2n) is 8.73. The molecule has 1 saturated heterocycles. The molecule has 0 saturated carbocycles. The van der Waals surface area contributed by atoms with Crippen molar-refractivity contribution in [2.24, 2.45) is 0 Å². The zero-order valence-corrected chi connectivity index (χ0v) is 17.6. The number of aromatic nitrogens is 3. The smallest absolute Gasteiger partial charge is 0.261 e. The number of hydrogen-bond acceptors (Lipinski definition) is 4. The molecule has 1 aromatic carbocycles. The van der Waals surface area contributed by atoms with Crippen LogP contribution in [0.2, 0.25) is 0 Å². The largest absolute Gasteiger partial charge is 0.484 e. The molecule has 2 aromatic heterocycles. The number of rotatable bonds is 4. The average molecular weight is 393 g/mol. The first-order valence-corrected chi connectivity index (χ1v) is 10.2. The number of fused-ring (bicyclic) bond motifs is 1. The number of aryl methyl sites for hydroxylation is 1. The van der Waals surface area contributed by atoms with E-state index >= 15 is 0 Å². The van der Waals surface area contributed by atoms with Crippen molar-refractivity contribution in [1.82, 2.24) is 19.5 Å². The number of benzene rings is 1. The van der Waals surface area contributed by atoms with Gasteiger partial charge in [0.2, 0.25) is 0 Å². The first kappa shape index (κ1) is 19.4. The normalized spacial score (nSPS) is 17.1. The summed E-state index contributed by atoms with van der Waals surface area (Å²) in [6.45, 7) is 9.26. The molecule has 152 valence electrons. The van der Waals surface area contributed by atoms with Gasteiger partial charge >= 0.3 is 0 Å². The Morgan fingerprint density at radius 1 is 1.21 bits per heavy atom. The third-order valence-electron chi connectivity index (χ3n) is 5.51. The number of likely N-dealkylation sites (tertiary alicyclic amines) is 1. The predicted molar refractivity (Wildman–Crippen MR) is 112 cm³/mol. The molecule has 6 nitrogen and oxygen atoms in total. The lowest BCUT2D eigenvalue weighted by molar-refractivity contribution is -0.134. The molecule has 29 heavy (non-hydrogen) atoms. The highest BCUT2D eigenvalue weighted by atomic mass is 16.5. The number of hydrogen-bond donors (Lipinski definition) is 0. The van der Waals surface area contributed by atoms with Crippen LogP contribution in [-0.4, -0.2) is 38.6 Å². The topological polar surface area (TPSA) is 59.7 Å². The summed E-state index contributed by atoms with van der Waals surface area (Å²) < 4.78 is 7.66. The summed E-state index contributed by atoms with van der Waals surface area (Å²) in [6, 6.07) is 11.9. The first-order chi connectivity index (χ1) is 13.8. The van der Waals surface area contributed by atoms with Crippen molar-refractivity contribution in [3.05, 3.63) is 59.5 Å². The van der Waals surface area contributed by atoms with Gasteiger partial charge in [0.15, 0.2) is 12.3 Å². The monoisotopic (exact) mass is 392 g/mol. The van der Waals surface area contributed by atoms with Gasteiger partial charge in [0, 0.05) is 18.8 Å². The quantitative estimate of drug-likeness (QED) is 0.671. The highest BCUT2D eigenvalue weighted by molar-refractivity contribution is 5.78. The SMILES string of the molecule is Cc1cc2nccc([C@@H]3CCCN3C(=O)COc3ccc(C(C)(C)C)cc3)n2n1. The second kappa shape index (κ2) is 7.50. The molecule has 1 fully saturated rings. The summed E-state index contributed by atoms with van der Waals surface area (Å²) >= 11 is 0. The van der Waals surface area contributed by atoms with Crippen LogP contribution in [0.4, 0.5) is 0 Å². The molecule has 1 atom stereocenters. The molecular formula is C23H28N4O2. The number of ether oxygens (including phenoxy) is 1. The third-order valence-corrected chi connectivity index (χ3v) is 5.51. The molecule has 0 unspecified atom stereocenters. The maximum Gasteiger partial charge on any atom is 0.261 e. The van der Waals surface area contributed by atoms with Crippen LogP contribution in [0.15, 0.2) is 42.6 Å². The number of carbonyl (C=O) groups is 1. The molecule has 0 aliphatic carbocycles. The first-order valence-electron chi connectivity index (χ1n) is 10.2. The molecule has 3 heterocycles. The summed E-state index contributed by atoms with van der Waals surface area (Å²) in [5.74, 6) is 0.720. The number of nitrogens with zero attached hydrogens (tertiary/aromatic N) is 4. The lowest BCUT2D eigenvalue weighted by atomic mass is 9.87. The van der Waals surface area contributed by atoms with Crippen molar-refractivity contribution >= 4 is 11.6 Å². The molecule has 0 radical (unpaired) electrons. The summed E-state index contributed by atoms with van der Waals surface area (Å²) in [5, 5.41) is 4.56. The Balaban J connectivity index is 1.47. The molecular weight excluding hydrogens is 364 g/mol. The molecule has 1 amide bonds. The van der Waals surface area contributed by atoms with Crippen LogP contribution in [0.1, 0.15) is 56.6 Å². The van der Waals surface area contributed by atoms with Gasteiger partial charge in [0.1, 0.15) is 5.75 Å². The van der Waals surface area contributed by atoms with Gasteiger partial charge < -0.3 is 9.64 Å². The van der Waals surface area contributed by atoms with Crippen LogP contribution >= 0.6 is 0 Å². The fourth-order valence-corrected chi connectivity index (χ4v) is 3.93. The van der Waals surface area contributed by atoms with Crippen LogP contribution in [0.25, 0.3) is 5.65 Å². The maximum absolute atomic E-state index is 12.9. The minimum absolute atomic E-state index is 0.000772. The van der Waals surface area contributed by atoms with E-state index in [0.29, 0.717) is 0 Å². The van der Waals surface area contributed by atoms with Crippen molar-refractivity contribution in [3.63, 3.8) is 0 Å². The lowest BCUT2D eigenvalue weighted by Crippen LogP contribution is -2.35. The Hall–Kier alpha value is -2.89. The number of carbonyl (C=O) groups excluding carboxylic acids is 1. The lowest BCUT2D eigenvalue weighted by Gasteiger charge is -2.25. The van der Waals surface area contributed by atoms with E-state index in [2.05, 4.69) is 43.0 Å². The molecule has 6 heteroatoms. The van der Waals surface area contributed by atoms with Crippen LogP contribution in [0, 0.1) is 6.92 Å². The zero-order chi connectivity index (χ0) is 20.6. The van der Waals surface area contributed by atoms with Gasteiger partial charge in [-0.1, -0.05) is 32.9 Å². The molecule has 4 rings (SSSR count). The van der Waals surface area contributed by atoms with E-state index in [1.165, 1.54) is 5.56 Å². The molecule has 0 spiro atoms. The van der Waals surface area contributed by atoms with E-state index < -0.39 is 0 Å².